The molecule has 4 heteroatoms. The average molecular weight is 276 g/mol. The van der Waals surface area contributed by atoms with E-state index in [0.717, 1.165) is 11.3 Å². The minimum absolute atomic E-state index is 0.0375. The van der Waals surface area contributed by atoms with Crippen molar-refractivity contribution in [1.29, 1.82) is 0 Å². The lowest BCUT2D eigenvalue weighted by Gasteiger charge is -2.14. The second-order valence-electron chi connectivity index (χ2n) is 5.01. The molecule has 1 atom stereocenters. The molecule has 106 valence electrons. The molecule has 0 aliphatic rings. The summed E-state index contributed by atoms with van der Waals surface area (Å²) in [6.45, 7) is 4.46. The van der Waals surface area contributed by atoms with Crippen molar-refractivity contribution in [3.8, 4) is 0 Å². The highest BCUT2D eigenvalue weighted by Gasteiger charge is 2.12. The van der Waals surface area contributed by atoms with Gasteiger partial charge < -0.3 is 5.32 Å². The van der Waals surface area contributed by atoms with Gasteiger partial charge in [-0.25, -0.2) is 8.78 Å². The van der Waals surface area contributed by atoms with Gasteiger partial charge in [0.05, 0.1) is 5.69 Å². The number of rotatable bonds is 5. The number of pyridine rings is 1. The van der Waals surface area contributed by atoms with Crippen molar-refractivity contribution < 1.29 is 8.78 Å². The van der Waals surface area contributed by atoms with Gasteiger partial charge in [0, 0.05) is 24.3 Å². The Morgan fingerprint density at radius 3 is 2.45 bits per heavy atom. The van der Waals surface area contributed by atoms with Crippen LogP contribution in [0.1, 0.15) is 23.7 Å². The highest BCUT2D eigenvalue weighted by atomic mass is 19.1. The normalized spacial score (nSPS) is 12.4. The smallest absolute Gasteiger partial charge is 0.129 e. The van der Waals surface area contributed by atoms with Crippen LogP contribution < -0.4 is 5.32 Å². The third kappa shape index (κ3) is 3.84. The lowest BCUT2D eigenvalue weighted by Crippen LogP contribution is -2.28. The van der Waals surface area contributed by atoms with Gasteiger partial charge in [-0.1, -0.05) is 12.1 Å². The number of hydrogen-bond donors (Lipinski definition) is 1. The summed E-state index contributed by atoms with van der Waals surface area (Å²) in [7, 11) is 0. The molecule has 0 saturated carbocycles. The van der Waals surface area contributed by atoms with E-state index in [-0.39, 0.29) is 11.6 Å². The molecule has 1 N–H and O–H groups in total. The Hall–Kier alpha value is -1.81. The van der Waals surface area contributed by atoms with Gasteiger partial charge in [-0.15, -0.1) is 0 Å². The molecule has 0 fully saturated rings. The van der Waals surface area contributed by atoms with E-state index in [4.69, 9.17) is 0 Å². The van der Waals surface area contributed by atoms with Crippen LogP contribution >= 0.6 is 0 Å². The van der Waals surface area contributed by atoms with Crippen molar-refractivity contribution in [2.45, 2.75) is 32.9 Å². The van der Waals surface area contributed by atoms with Gasteiger partial charge in [0.25, 0.3) is 0 Å². The molecule has 0 radical (unpaired) electrons. The van der Waals surface area contributed by atoms with E-state index in [2.05, 4.69) is 10.3 Å². The SMILES string of the molecule is Cc1ccc(CNC(C)Cc2c(F)cccc2F)nc1. The summed E-state index contributed by atoms with van der Waals surface area (Å²) in [5.74, 6) is -0.987. The van der Waals surface area contributed by atoms with Gasteiger partial charge in [-0.3, -0.25) is 4.98 Å². The van der Waals surface area contributed by atoms with Crippen molar-refractivity contribution in [3.63, 3.8) is 0 Å². The molecule has 1 aromatic carbocycles. The van der Waals surface area contributed by atoms with Gasteiger partial charge in [-0.05, 0) is 44.0 Å². The number of benzene rings is 1. The summed E-state index contributed by atoms with van der Waals surface area (Å²) < 4.78 is 27.1. The van der Waals surface area contributed by atoms with E-state index in [1.165, 1.54) is 18.2 Å². The van der Waals surface area contributed by atoms with E-state index >= 15 is 0 Å². The molecule has 1 heterocycles. The van der Waals surface area contributed by atoms with E-state index in [9.17, 15) is 8.78 Å². The van der Waals surface area contributed by atoms with Crippen molar-refractivity contribution >= 4 is 0 Å². The van der Waals surface area contributed by atoms with Crippen molar-refractivity contribution in [1.82, 2.24) is 10.3 Å². The standard InChI is InChI=1S/C16H18F2N2/c1-11-6-7-13(20-9-11)10-19-12(2)8-14-15(17)4-3-5-16(14)18/h3-7,9,12,19H,8,10H2,1-2H3. The number of aryl methyl sites for hydroxylation is 1. The predicted molar refractivity (Wildman–Crippen MR) is 75.3 cm³/mol. The first kappa shape index (κ1) is 14.6. The highest BCUT2D eigenvalue weighted by molar-refractivity contribution is 5.20. The number of nitrogens with one attached hydrogen (secondary N) is 1. The first-order valence-corrected chi connectivity index (χ1v) is 6.64. The number of halogens is 2. The lowest BCUT2D eigenvalue weighted by atomic mass is 10.1. The van der Waals surface area contributed by atoms with Crippen LogP contribution in [0.25, 0.3) is 0 Å². The third-order valence-electron chi connectivity index (χ3n) is 3.18. The number of nitrogens with zero attached hydrogens (tertiary/aromatic N) is 1. The minimum atomic E-state index is -0.493. The second-order valence-corrected chi connectivity index (χ2v) is 5.01. The summed E-state index contributed by atoms with van der Waals surface area (Å²) in [5.41, 5.74) is 2.15. The second kappa shape index (κ2) is 6.57. The Balaban J connectivity index is 1.92. The number of hydrogen-bond acceptors (Lipinski definition) is 2. The molecular formula is C16H18F2N2. The van der Waals surface area contributed by atoms with Crippen LogP contribution in [0.3, 0.4) is 0 Å². The van der Waals surface area contributed by atoms with Crippen LogP contribution in [0, 0.1) is 18.6 Å². The summed E-state index contributed by atoms with van der Waals surface area (Å²) in [6, 6.07) is 7.84. The quantitative estimate of drug-likeness (QED) is 0.905. The van der Waals surface area contributed by atoms with E-state index in [1.807, 2.05) is 26.0 Å². The van der Waals surface area contributed by atoms with Crippen LogP contribution in [0.2, 0.25) is 0 Å². The molecule has 0 aliphatic heterocycles. The molecule has 2 nitrogen and oxygen atoms in total. The van der Waals surface area contributed by atoms with Crippen LogP contribution in [0.4, 0.5) is 8.78 Å². The highest BCUT2D eigenvalue weighted by Crippen LogP contribution is 2.14. The Kier molecular flexibility index (Phi) is 4.79. The zero-order valence-corrected chi connectivity index (χ0v) is 11.7. The van der Waals surface area contributed by atoms with E-state index < -0.39 is 11.6 Å². The maximum atomic E-state index is 13.5. The van der Waals surface area contributed by atoms with Crippen molar-refractivity contribution in [2.75, 3.05) is 0 Å². The summed E-state index contributed by atoms with van der Waals surface area (Å²) in [5, 5.41) is 3.23. The molecule has 0 aliphatic carbocycles. The fraction of sp³-hybridized carbons (Fsp3) is 0.312. The van der Waals surface area contributed by atoms with Gasteiger partial charge in [0.2, 0.25) is 0 Å². The summed E-state index contributed by atoms with van der Waals surface area (Å²) >= 11 is 0. The van der Waals surface area contributed by atoms with E-state index in [0.29, 0.717) is 13.0 Å². The van der Waals surface area contributed by atoms with Crippen LogP contribution in [-0.2, 0) is 13.0 Å². The lowest BCUT2D eigenvalue weighted by molar-refractivity contribution is 0.497. The largest absolute Gasteiger partial charge is 0.308 e. The fourth-order valence-corrected chi connectivity index (χ4v) is 1.99. The van der Waals surface area contributed by atoms with Crippen molar-refractivity contribution in [3.05, 3.63) is 65.0 Å². The van der Waals surface area contributed by atoms with Gasteiger partial charge >= 0.3 is 0 Å². The maximum absolute atomic E-state index is 13.5. The Labute approximate surface area is 117 Å². The summed E-state index contributed by atoms with van der Waals surface area (Å²) in [4.78, 5) is 4.28. The average Bonchev–Trinajstić information content (AvgIpc) is 2.42. The molecule has 0 spiro atoms. The topological polar surface area (TPSA) is 24.9 Å². The third-order valence-corrected chi connectivity index (χ3v) is 3.18. The van der Waals surface area contributed by atoms with E-state index in [1.54, 1.807) is 6.20 Å². The first-order valence-electron chi connectivity index (χ1n) is 6.64. The Bertz CT molecular complexity index is 547. The van der Waals surface area contributed by atoms with Crippen LogP contribution in [-0.4, -0.2) is 11.0 Å². The molecule has 2 aromatic rings. The maximum Gasteiger partial charge on any atom is 0.129 e. The Morgan fingerprint density at radius 1 is 1.15 bits per heavy atom. The first-order chi connectivity index (χ1) is 9.56. The summed E-state index contributed by atoms with van der Waals surface area (Å²) in [6.07, 6.45) is 2.11. The molecule has 2 rings (SSSR count). The van der Waals surface area contributed by atoms with Crippen LogP contribution in [0.15, 0.2) is 36.5 Å². The number of aromatic nitrogens is 1. The van der Waals surface area contributed by atoms with Gasteiger partial charge in [0.1, 0.15) is 11.6 Å². The molecule has 0 bridgehead atoms. The monoisotopic (exact) mass is 276 g/mol. The molecule has 0 saturated heterocycles. The van der Waals surface area contributed by atoms with Crippen LogP contribution in [0.5, 0.6) is 0 Å². The van der Waals surface area contributed by atoms with Gasteiger partial charge in [0.15, 0.2) is 0 Å². The Morgan fingerprint density at radius 2 is 1.85 bits per heavy atom. The minimum Gasteiger partial charge on any atom is -0.308 e. The zero-order chi connectivity index (χ0) is 14.5. The molecule has 20 heavy (non-hydrogen) atoms. The molecular weight excluding hydrogens is 258 g/mol. The molecule has 1 aromatic heterocycles. The predicted octanol–water partition coefficient (Wildman–Crippen LogP) is 3.39. The van der Waals surface area contributed by atoms with Gasteiger partial charge in [-0.2, -0.15) is 0 Å². The molecule has 0 amide bonds. The molecule has 1 unspecified atom stereocenters. The zero-order valence-electron chi connectivity index (χ0n) is 11.7. The fourth-order valence-electron chi connectivity index (χ4n) is 1.99. The van der Waals surface area contributed by atoms with Crippen molar-refractivity contribution in [2.24, 2.45) is 0 Å².